The molecule has 2 heterocycles. The van der Waals surface area contributed by atoms with Crippen LogP contribution in [0, 0.1) is 12.7 Å². The highest BCUT2D eigenvalue weighted by molar-refractivity contribution is 5.57. The van der Waals surface area contributed by atoms with Gasteiger partial charge >= 0.3 is 0 Å². The zero-order valence-corrected chi connectivity index (χ0v) is 11.7. The SMILES string of the molecule is Cc1cc(N2CCn3cnnc3C2)c([C@H](C)N)cc1F. The van der Waals surface area contributed by atoms with Crippen molar-refractivity contribution in [3.63, 3.8) is 0 Å². The van der Waals surface area contributed by atoms with Crippen LogP contribution in [0.1, 0.15) is 29.9 Å². The fourth-order valence-electron chi connectivity index (χ4n) is 2.59. The number of nitrogens with two attached hydrogens (primary N) is 1. The number of anilines is 1. The van der Waals surface area contributed by atoms with Crippen molar-refractivity contribution in [1.82, 2.24) is 14.8 Å². The summed E-state index contributed by atoms with van der Waals surface area (Å²) in [5.41, 5.74) is 8.45. The molecule has 3 rings (SSSR count). The van der Waals surface area contributed by atoms with E-state index in [1.54, 1.807) is 19.3 Å². The third-order valence-corrected chi connectivity index (χ3v) is 3.78. The first-order valence-corrected chi connectivity index (χ1v) is 6.73. The molecular weight excluding hydrogens is 257 g/mol. The highest BCUT2D eigenvalue weighted by atomic mass is 19.1. The molecule has 106 valence electrons. The van der Waals surface area contributed by atoms with E-state index in [4.69, 9.17) is 5.73 Å². The quantitative estimate of drug-likeness (QED) is 0.907. The van der Waals surface area contributed by atoms with Crippen LogP contribution in [-0.4, -0.2) is 21.3 Å². The first-order valence-electron chi connectivity index (χ1n) is 6.73. The Labute approximate surface area is 117 Å². The number of benzene rings is 1. The standard InChI is InChI=1S/C14H18FN5/c1-9-5-13(11(10(2)16)6-12(9)15)19-3-4-20-8-17-18-14(20)7-19/h5-6,8,10H,3-4,7,16H2,1-2H3/t10-/m0/s1. The van der Waals surface area contributed by atoms with Gasteiger partial charge in [-0.15, -0.1) is 10.2 Å². The monoisotopic (exact) mass is 275 g/mol. The van der Waals surface area contributed by atoms with Crippen molar-refractivity contribution in [3.8, 4) is 0 Å². The number of nitrogens with zero attached hydrogens (tertiary/aromatic N) is 4. The Morgan fingerprint density at radius 2 is 2.15 bits per heavy atom. The van der Waals surface area contributed by atoms with Crippen LogP contribution >= 0.6 is 0 Å². The van der Waals surface area contributed by atoms with Crippen LogP contribution in [0.25, 0.3) is 0 Å². The number of halogens is 1. The average molecular weight is 275 g/mol. The van der Waals surface area contributed by atoms with E-state index in [1.165, 1.54) is 0 Å². The average Bonchev–Trinajstić information content (AvgIpc) is 2.88. The second-order valence-corrected chi connectivity index (χ2v) is 5.31. The molecule has 1 atom stereocenters. The second kappa shape index (κ2) is 4.86. The lowest BCUT2D eigenvalue weighted by Gasteiger charge is -2.31. The third kappa shape index (κ3) is 2.16. The zero-order valence-electron chi connectivity index (χ0n) is 11.7. The number of fused-ring (bicyclic) bond motifs is 1. The third-order valence-electron chi connectivity index (χ3n) is 3.78. The van der Waals surface area contributed by atoms with Gasteiger partial charge in [0.25, 0.3) is 0 Å². The summed E-state index contributed by atoms with van der Waals surface area (Å²) in [6, 6.07) is 3.22. The van der Waals surface area contributed by atoms with E-state index >= 15 is 0 Å². The van der Waals surface area contributed by atoms with E-state index < -0.39 is 0 Å². The molecule has 1 aromatic heterocycles. The maximum Gasteiger partial charge on any atom is 0.152 e. The summed E-state index contributed by atoms with van der Waals surface area (Å²) < 4.78 is 15.8. The number of rotatable bonds is 2. The molecule has 0 bridgehead atoms. The molecule has 20 heavy (non-hydrogen) atoms. The van der Waals surface area contributed by atoms with Crippen molar-refractivity contribution >= 4 is 5.69 Å². The van der Waals surface area contributed by atoms with E-state index in [9.17, 15) is 4.39 Å². The van der Waals surface area contributed by atoms with E-state index in [2.05, 4.69) is 15.1 Å². The molecule has 0 fully saturated rings. The van der Waals surface area contributed by atoms with Crippen LogP contribution in [0.15, 0.2) is 18.5 Å². The minimum atomic E-state index is -0.208. The predicted molar refractivity (Wildman–Crippen MR) is 74.8 cm³/mol. The van der Waals surface area contributed by atoms with Crippen molar-refractivity contribution in [2.75, 3.05) is 11.4 Å². The Hall–Kier alpha value is -1.95. The molecule has 1 aromatic carbocycles. The van der Waals surface area contributed by atoms with Gasteiger partial charge in [0.15, 0.2) is 5.82 Å². The first kappa shape index (κ1) is 13.1. The van der Waals surface area contributed by atoms with Crippen LogP contribution in [0.2, 0.25) is 0 Å². The summed E-state index contributed by atoms with van der Waals surface area (Å²) in [4.78, 5) is 2.19. The molecule has 0 spiro atoms. The predicted octanol–water partition coefficient (Wildman–Crippen LogP) is 1.77. The molecule has 0 saturated carbocycles. The second-order valence-electron chi connectivity index (χ2n) is 5.31. The Morgan fingerprint density at radius 1 is 1.35 bits per heavy atom. The van der Waals surface area contributed by atoms with E-state index in [0.29, 0.717) is 12.1 Å². The van der Waals surface area contributed by atoms with Gasteiger partial charge in [-0.2, -0.15) is 0 Å². The minimum Gasteiger partial charge on any atom is -0.362 e. The lowest BCUT2D eigenvalue weighted by molar-refractivity contribution is 0.555. The Bertz CT molecular complexity index is 634. The zero-order chi connectivity index (χ0) is 14.3. The van der Waals surface area contributed by atoms with Crippen molar-refractivity contribution < 1.29 is 4.39 Å². The summed E-state index contributed by atoms with van der Waals surface area (Å²) in [5.74, 6) is 0.718. The highest BCUT2D eigenvalue weighted by Crippen LogP contribution is 2.30. The fourth-order valence-corrected chi connectivity index (χ4v) is 2.59. The van der Waals surface area contributed by atoms with Crippen molar-refractivity contribution in [3.05, 3.63) is 41.2 Å². The topological polar surface area (TPSA) is 60.0 Å². The van der Waals surface area contributed by atoms with Gasteiger partial charge in [0.2, 0.25) is 0 Å². The first-order chi connectivity index (χ1) is 9.56. The molecule has 1 aliphatic rings. The molecule has 0 aliphatic carbocycles. The lowest BCUT2D eigenvalue weighted by Crippen LogP contribution is -2.34. The number of hydrogen-bond donors (Lipinski definition) is 1. The van der Waals surface area contributed by atoms with Crippen LogP contribution in [0.5, 0.6) is 0 Å². The molecule has 6 heteroatoms. The smallest absolute Gasteiger partial charge is 0.152 e. The van der Waals surface area contributed by atoms with Gasteiger partial charge in [-0.05, 0) is 37.1 Å². The van der Waals surface area contributed by atoms with Crippen molar-refractivity contribution in [2.45, 2.75) is 33.0 Å². The lowest BCUT2D eigenvalue weighted by atomic mass is 10.0. The van der Waals surface area contributed by atoms with Gasteiger partial charge in [-0.3, -0.25) is 0 Å². The van der Waals surface area contributed by atoms with Crippen LogP contribution < -0.4 is 10.6 Å². The van der Waals surface area contributed by atoms with Crippen LogP contribution in [-0.2, 0) is 13.1 Å². The maximum atomic E-state index is 13.8. The summed E-state index contributed by atoms with van der Waals surface area (Å²) in [7, 11) is 0. The van der Waals surface area contributed by atoms with E-state index in [-0.39, 0.29) is 11.9 Å². The Balaban J connectivity index is 2.00. The minimum absolute atomic E-state index is 0.207. The molecule has 5 nitrogen and oxygen atoms in total. The van der Waals surface area contributed by atoms with Crippen LogP contribution in [0.3, 0.4) is 0 Å². The number of hydrogen-bond acceptors (Lipinski definition) is 4. The molecule has 0 unspecified atom stereocenters. The molecule has 0 radical (unpaired) electrons. The van der Waals surface area contributed by atoms with Crippen molar-refractivity contribution in [1.29, 1.82) is 0 Å². The summed E-state index contributed by atoms with van der Waals surface area (Å²) in [6.45, 7) is 5.99. The number of aromatic nitrogens is 3. The van der Waals surface area contributed by atoms with Gasteiger partial charge in [-0.25, -0.2) is 4.39 Å². The van der Waals surface area contributed by atoms with Gasteiger partial charge in [0.05, 0.1) is 6.54 Å². The molecular formula is C14H18FN5. The van der Waals surface area contributed by atoms with Gasteiger partial charge in [0.1, 0.15) is 12.1 Å². The number of aryl methyl sites for hydroxylation is 1. The maximum absolute atomic E-state index is 13.8. The van der Waals surface area contributed by atoms with Gasteiger partial charge in [-0.1, -0.05) is 0 Å². The normalized spacial score (nSPS) is 16.1. The molecule has 1 aliphatic heterocycles. The molecule has 2 aromatic rings. The Morgan fingerprint density at radius 3 is 2.90 bits per heavy atom. The van der Waals surface area contributed by atoms with Crippen molar-refractivity contribution in [2.24, 2.45) is 5.73 Å². The largest absolute Gasteiger partial charge is 0.362 e. The highest BCUT2D eigenvalue weighted by Gasteiger charge is 2.22. The van der Waals surface area contributed by atoms with Gasteiger partial charge in [0, 0.05) is 24.8 Å². The fraction of sp³-hybridized carbons (Fsp3) is 0.429. The molecule has 0 amide bonds. The van der Waals surface area contributed by atoms with E-state index in [1.807, 2.05) is 17.6 Å². The van der Waals surface area contributed by atoms with Gasteiger partial charge < -0.3 is 15.2 Å². The summed E-state index contributed by atoms with van der Waals surface area (Å²) >= 11 is 0. The van der Waals surface area contributed by atoms with Crippen LogP contribution in [0.4, 0.5) is 10.1 Å². The molecule has 2 N–H and O–H groups in total. The van der Waals surface area contributed by atoms with E-state index in [0.717, 1.165) is 30.2 Å². The molecule has 0 saturated heterocycles. The summed E-state index contributed by atoms with van der Waals surface area (Å²) in [6.07, 6.45) is 1.75. The Kier molecular flexibility index (Phi) is 3.17. The summed E-state index contributed by atoms with van der Waals surface area (Å²) in [5, 5.41) is 8.04.